The molecule has 0 unspecified atom stereocenters. The van der Waals surface area contributed by atoms with Crippen molar-refractivity contribution in [2.24, 2.45) is 0 Å². The number of hydrogen-bond acceptors (Lipinski definition) is 4. The van der Waals surface area contributed by atoms with Gasteiger partial charge in [-0.3, -0.25) is 9.52 Å². The maximum atomic E-state index is 12.8. The van der Waals surface area contributed by atoms with Crippen LogP contribution in [0.1, 0.15) is 28.9 Å². The lowest BCUT2D eigenvalue weighted by Gasteiger charge is -2.17. The van der Waals surface area contributed by atoms with E-state index in [4.69, 9.17) is 4.74 Å². The highest BCUT2D eigenvalue weighted by Crippen LogP contribution is 2.22. The predicted octanol–water partition coefficient (Wildman–Crippen LogP) is 3.99. The fourth-order valence-electron chi connectivity index (χ4n) is 2.82. The van der Waals surface area contributed by atoms with Crippen LogP contribution in [0.5, 0.6) is 5.75 Å². The van der Waals surface area contributed by atoms with Crippen molar-refractivity contribution in [3.05, 3.63) is 90.0 Å². The Morgan fingerprint density at radius 2 is 1.52 bits per heavy atom. The molecule has 0 aliphatic heterocycles. The van der Waals surface area contributed by atoms with E-state index >= 15 is 0 Å². The minimum Gasteiger partial charge on any atom is -0.497 e. The number of carbonyl (C=O) groups excluding carboxylic acids is 1. The van der Waals surface area contributed by atoms with Crippen molar-refractivity contribution in [2.45, 2.75) is 17.9 Å². The first-order valence-corrected chi connectivity index (χ1v) is 10.5. The Morgan fingerprint density at radius 1 is 0.897 bits per heavy atom. The van der Waals surface area contributed by atoms with Gasteiger partial charge in [-0.15, -0.1) is 0 Å². The number of nitrogens with one attached hydrogen (secondary N) is 2. The first-order valence-electron chi connectivity index (χ1n) is 9.02. The topological polar surface area (TPSA) is 84.5 Å². The molecule has 0 aromatic heterocycles. The number of ether oxygens (including phenoxy) is 1. The quantitative estimate of drug-likeness (QED) is 0.617. The molecule has 0 bridgehead atoms. The molecule has 0 aliphatic carbocycles. The van der Waals surface area contributed by atoms with Crippen molar-refractivity contribution in [1.29, 1.82) is 0 Å². The third-order valence-electron chi connectivity index (χ3n) is 4.43. The average Bonchev–Trinajstić information content (AvgIpc) is 2.74. The van der Waals surface area contributed by atoms with Crippen LogP contribution in [-0.4, -0.2) is 21.4 Å². The number of para-hydroxylation sites is 1. The summed E-state index contributed by atoms with van der Waals surface area (Å²) < 4.78 is 32.9. The highest BCUT2D eigenvalue weighted by Gasteiger charge is 2.19. The van der Waals surface area contributed by atoms with Gasteiger partial charge in [0.05, 0.1) is 29.3 Å². The van der Waals surface area contributed by atoms with Gasteiger partial charge in [0, 0.05) is 0 Å². The number of carbonyl (C=O) groups is 1. The van der Waals surface area contributed by atoms with Crippen molar-refractivity contribution in [2.75, 3.05) is 11.8 Å². The molecule has 3 aromatic carbocycles. The second-order valence-corrected chi connectivity index (χ2v) is 8.11. The molecular weight excluding hydrogens is 388 g/mol. The molecular formula is C22H22N2O4S. The molecule has 0 aliphatic rings. The Balaban J connectivity index is 1.79. The molecule has 1 atom stereocenters. The van der Waals surface area contributed by atoms with Crippen LogP contribution in [0, 0.1) is 0 Å². The van der Waals surface area contributed by atoms with E-state index < -0.39 is 10.0 Å². The van der Waals surface area contributed by atoms with Gasteiger partial charge in [-0.05, 0) is 48.9 Å². The maximum absolute atomic E-state index is 12.8. The number of rotatable bonds is 7. The lowest BCUT2D eigenvalue weighted by molar-refractivity contribution is 0.0941. The normalized spacial score (nSPS) is 12.1. The summed E-state index contributed by atoms with van der Waals surface area (Å²) in [5.41, 5.74) is 1.37. The van der Waals surface area contributed by atoms with Gasteiger partial charge in [0.25, 0.3) is 15.9 Å². The van der Waals surface area contributed by atoms with E-state index in [0.29, 0.717) is 0 Å². The summed E-state index contributed by atoms with van der Waals surface area (Å²) in [4.78, 5) is 13.0. The van der Waals surface area contributed by atoms with Crippen molar-refractivity contribution in [1.82, 2.24) is 5.32 Å². The SMILES string of the molecule is COc1ccc([C@H](C)NC(=O)c2ccccc2NS(=O)(=O)c2ccccc2)cc1. The fourth-order valence-corrected chi connectivity index (χ4v) is 3.92. The number of methoxy groups -OCH3 is 1. The minimum absolute atomic E-state index is 0.127. The summed E-state index contributed by atoms with van der Waals surface area (Å²) in [5.74, 6) is 0.354. The van der Waals surface area contributed by atoms with Crippen LogP contribution in [0.2, 0.25) is 0 Å². The number of hydrogen-bond donors (Lipinski definition) is 2. The molecule has 150 valence electrons. The molecule has 3 aromatic rings. The van der Waals surface area contributed by atoms with Crippen LogP contribution in [0.25, 0.3) is 0 Å². The molecule has 2 N–H and O–H groups in total. The summed E-state index contributed by atoms with van der Waals surface area (Å²) in [6.45, 7) is 1.86. The van der Waals surface area contributed by atoms with Crippen molar-refractivity contribution in [3.63, 3.8) is 0 Å². The maximum Gasteiger partial charge on any atom is 0.261 e. The highest BCUT2D eigenvalue weighted by molar-refractivity contribution is 7.92. The third kappa shape index (κ3) is 4.94. The van der Waals surface area contributed by atoms with Gasteiger partial charge in [-0.2, -0.15) is 0 Å². The van der Waals surface area contributed by atoms with Gasteiger partial charge < -0.3 is 10.1 Å². The minimum atomic E-state index is -3.80. The van der Waals surface area contributed by atoms with E-state index in [1.165, 1.54) is 12.1 Å². The lowest BCUT2D eigenvalue weighted by Crippen LogP contribution is -2.28. The fraction of sp³-hybridized carbons (Fsp3) is 0.136. The van der Waals surface area contributed by atoms with E-state index in [2.05, 4.69) is 10.0 Å². The molecule has 0 fully saturated rings. The zero-order chi connectivity index (χ0) is 20.9. The van der Waals surface area contributed by atoms with E-state index in [9.17, 15) is 13.2 Å². The number of sulfonamides is 1. The van der Waals surface area contributed by atoms with Gasteiger partial charge in [-0.25, -0.2) is 8.42 Å². The monoisotopic (exact) mass is 410 g/mol. The van der Waals surface area contributed by atoms with Gasteiger partial charge in [0.2, 0.25) is 0 Å². The standard InChI is InChI=1S/C22H22N2O4S/c1-16(17-12-14-18(28-2)15-13-17)23-22(25)20-10-6-7-11-21(20)24-29(26,27)19-8-4-3-5-9-19/h3-16,24H,1-2H3,(H,23,25)/t16-/m0/s1. The number of benzene rings is 3. The summed E-state index contributed by atoms with van der Waals surface area (Å²) in [6.07, 6.45) is 0. The molecule has 3 rings (SSSR count). The Bertz CT molecular complexity index is 1080. The predicted molar refractivity (Wildman–Crippen MR) is 113 cm³/mol. The van der Waals surface area contributed by atoms with Crippen LogP contribution in [-0.2, 0) is 10.0 Å². The van der Waals surface area contributed by atoms with Crippen LogP contribution in [0.3, 0.4) is 0 Å². The molecule has 0 saturated carbocycles. The Hall–Kier alpha value is -3.32. The average molecular weight is 410 g/mol. The summed E-state index contributed by atoms with van der Waals surface area (Å²) in [5, 5.41) is 2.90. The number of amides is 1. The van der Waals surface area contributed by atoms with Crippen LogP contribution >= 0.6 is 0 Å². The largest absolute Gasteiger partial charge is 0.497 e. The summed E-state index contributed by atoms with van der Waals surface area (Å²) in [6, 6.07) is 21.6. The lowest BCUT2D eigenvalue weighted by atomic mass is 10.1. The Morgan fingerprint density at radius 3 is 2.17 bits per heavy atom. The van der Waals surface area contributed by atoms with E-state index in [1.54, 1.807) is 49.6 Å². The van der Waals surface area contributed by atoms with Crippen molar-refractivity contribution in [3.8, 4) is 5.75 Å². The summed E-state index contributed by atoms with van der Waals surface area (Å²) >= 11 is 0. The molecule has 6 nitrogen and oxygen atoms in total. The molecule has 0 heterocycles. The molecule has 0 saturated heterocycles. The zero-order valence-corrected chi connectivity index (χ0v) is 16.9. The van der Waals surface area contributed by atoms with Gasteiger partial charge in [-0.1, -0.05) is 42.5 Å². The summed E-state index contributed by atoms with van der Waals surface area (Å²) in [7, 11) is -2.21. The van der Waals surface area contributed by atoms with Crippen LogP contribution in [0.4, 0.5) is 5.69 Å². The van der Waals surface area contributed by atoms with Gasteiger partial charge >= 0.3 is 0 Å². The van der Waals surface area contributed by atoms with E-state index in [-0.39, 0.29) is 28.1 Å². The zero-order valence-electron chi connectivity index (χ0n) is 16.1. The van der Waals surface area contributed by atoms with Gasteiger partial charge in [0.1, 0.15) is 5.75 Å². The first kappa shape index (κ1) is 20.4. The van der Waals surface area contributed by atoms with Crippen molar-refractivity contribution < 1.29 is 17.9 Å². The van der Waals surface area contributed by atoms with E-state index in [0.717, 1.165) is 11.3 Å². The highest BCUT2D eigenvalue weighted by atomic mass is 32.2. The van der Waals surface area contributed by atoms with Crippen LogP contribution < -0.4 is 14.8 Å². The molecule has 29 heavy (non-hydrogen) atoms. The first-order chi connectivity index (χ1) is 13.9. The molecule has 1 amide bonds. The Kier molecular flexibility index (Phi) is 6.19. The number of anilines is 1. The molecule has 7 heteroatoms. The van der Waals surface area contributed by atoms with Crippen LogP contribution in [0.15, 0.2) is 83.8 Å². The molecule has 0 radical (unpaired) electrons. The third-order valence-corrected chi connectivity index (χ3v) is 5.81. The smallest absolute Gasteiger partial charge is 0.261 e. The van der Waals surface area contributed by atoms with Crippen molar-refractivity contribution >= 4 is 21.6 Å². The Labute approximate surface area is 170 Å². The molecule has 0 spiro atoms. The second-order valence-electron chi connectivity index (χ2n) is 6.43. The van der Waals surface area contributed by atoms with Gasteiger partial charge in [0.15, 0.2) is 0 Å². The van der Waals surface area contributed by atoms with E-state index in [1.807, 2.05) is 31.2 Å². The second kappa shape index (κ2) is 8.79.